The van der Waals surface area contributed by atoms with Crippen molar-refractivity contribution in [2.45, 2.75) is 51.8 Å². The molecule has 0 fully saturated rings. The summed E-state index contributed by atoms with van der Waals surface area (Å²) in [6, 6.07) is 15.8. The number of amides is 2. The first-order valence-electron chi connectivity index (χ1n) is 12.2. The van der Waals surface area contributed by atoms with Crippen LogP contribution < -0.4 is 10.6 Å². The van der Waals surface area contributed by atoms with Crippen molar-refractivity contribution in [3.05, 3.63) is 71.8 Å². The highest BCUT2D eigenvalue weighted by Gasteiger charge is 2.28. The van der Waals surface area contributed by atoms with Gasteiger partial charge in [-0.3, -0.25) is 9.59 Å². The van der Waals surface area contributed by atoms with E-state index in [1.807, 2.05) is 62.4 Å². The van der Waals surface area contributed by atoms with E-state index in [-0.39, 0.29) is 31.7 Å². The van der Waals surface area contributed by atoms with Crippen LogP contribution in [0.25, 0.3) is 0 Å². The van der Waals surface area contributed by atoms with Crippen LogP contribution in [0.3, 0.4) is 0 Å². The van der Waals surface area contributed by atoms with E-state index in [0.717, 1.165) is 22.6 Å². The number of nitrogens with one attached hydrogen (secondary N) is 2. The number of ketones is 1. The van der Waals surface area contributed by atoms with Crippen molar-refractivity contribution < 1.29 is 29.0 Å². The summed E-state index contributed by atoms with van der Waals surface area (Å²) in [4.78, 5) is 50.0. The number of Topliss-reactive ketones (excluding diaryl/α,β-unsaturated/α-hetero) is 1. The summed E-state index contributed by atoms with van der Waals surface area (Å²) >= 11 is 3.69. The summed E-state index contributed by atoms with van der Waals surface area (Å²) in [5, 5.41) is 14.7. The third-order valence-electron chi connectivity index (χ3n) is 5.88. The molecule has 0 saturated carbocycles. The zero-order valence-electron chi connectivity index (χ0n) is 21.2. The van der Waals surface area contributed by atoms with Gasteiger partial charge in [-0.2, -0.15) is 8.46 Å². The van der Waals surface area contributed by atoms with Crippen LogP contribution in [-0.2, 0) is 32.1 Å². The fourth-order valence-electron chi connectivity index (χ4n) is 3.57. The van der Waals surface area contributed by atoms with E-state index in [1.54, 1.807) is 12.1 Å². The second kappa shape index (κ2) is 15.4. The number of carboxylic acids is 1. The van der Waals surface area contributed by atoms with Gasteiger partial charge in [0.15, 0.2) is 0 Å². The van der Waals surface area contributed by atoms with Crippen LogP contribution in [0.4, 0.5) is 4.79 Å². The van der Waals surface area contributed by atoms with Gasteiger partial charge in [-0.15, -0.1) is 0 Å². The molecule has 2 rings (SSSR count). The molecule has 0 aliphatic rings. The van der Waals surface area contributed by atoms with Crippen LogP contribution in [0.1, 0.15) is 37.8 Å². The van der Waals surface area contributed by atoms with Crippen LogP contribution in [0.15, 0.2) is 60.7 Å². The van der Waals surface area contributed by atoms with Gasteiger partial charge in [0.1, 0.15) is 24.5 Å². The van der Waals surface area contributed by atoms with Gasteiger partial charge in [-0.25, -0.2) is 9.59 Å². The summed E-state index contributed by atoms with van der Waals surface area (Å²) in [6.45, 7) is 4.07. The number of carbonyl (C=O) groups is 4. The Morgan fingerprint density at radius 1 is 0.892 bits per heavy atom. The number of carbonyl (C=O) groups excluding carboxylic acids is 3. The Balaban J connectivity index is 2.04. The molecule has 2 atom stereocenters. The van der Waals surface area contributed by atoms with Crippen LogP contribution in [0, 0.1) is 0 Å². The Hall–Kier alpha value is -2.85. The zero-order valence-corrected chi connectivity index (χ0v) is 23.6. The van der Waals surface area contributed by atoms with E-state index in [0.29, 0.717) is 5.75 Å². The standard InChI is InChI=1S/C27H35BrN2O6S/c1-3-37(28,4-2)19-22(31)15-16-23(26(33)34)29-25(32)24(17-20-11-7-5-8-12-20)30-27(35)36-18-21-13-9-6-10-14-21/h5-14,23-24H,3-4,15-19H2,1-2H3,(H,29,32)(H,30,35)(H,33,34). The first-order valence-corrected chi connectivity index (χ1v) is 16.2. The third kappa shape index (κ3) is 11.0. The van der Waals surface area contributed by atoms with Crippen molar-refractivity contribution in [2.75, 3.05) is 17.3 Å². The fraction of sp³-hybridized carbons (Fsp3) is 0.407. The Labute approximate surface area is 227 Å². The average molecular weight is 596 g/mol. The van der Waals surface area contributed by atoms with Gasteiger partial charge in [0, 0.05) is 18.6 Å². The minimum atomic E-state index is -1.26. The normalized spacial score (nSPS) is 13.2. The Morgan fingerprint density at radius 2 is 1.46 bits per heavy atom. The van der Waals surface area contributed by atoms with Crippen LogP contribution in [-0.4, -0.2) is 58.2 Å². The molecule has 0 heterocycles. The Morgan fingerprint density at radius 3 is 2.00 bits per heavy atom. The summed E-state index contributed by atoms with van der Waals surface area (Å²) in [6.07, 6.45) is -0.654. The van der Waals surface area contributed by atoms with Gasteiger partial charge in [-0.05, 0) is 43.9 Å². The molecule has 0 radical (unpaired) electrons. The predicted molar refractivity (Wildman–Crippen MR) is 150 cm³/mol. The lowest BCUT2D eigenvalue weighted by Gasteiger charge is -2.30. The van der Waals surface area contributed by atoms with Gasteiger partial charge in [0.25, 0.3) is 0 Å². The second-order valence-corrected chi connectivity index (χ2v) is 16.0. The molecule has 0 spiro atoms. The SMILES string of the molecule is CCS(Br)(CC)CC(=O)CCC(NC(=O)C(Cc1ccccc1)NC(=O)OCc1ccccc1)C(=O)O. The maximum absolute atomic E-state index is 13.1. The van der Waals surface area contributed by atoms with Crippen molar-refractivity contribution in [3.63, 3.8) is 0 Å². The van der Waals surface area contributed by atoms with Crippen molar-refractivity contribution in [3.8, 4) is 0 Å². The van der Waals surface area contributed by atoms with Crippen LogP contribution in [0.2, 0.25) is 0 Å². The van der Waals surface area contributed by atoms with E-state index in [1.165, 1.54) is 0 Å². The number of hydrogen-bond donors (Lipinski definition) is 3. The molecule has 2 unspecified atom stereocenters. The zero-order chi connectivity index (χ0) is 27.3. The van der Waals surface area contributed by atoms with E-state index in [9.17, 15) is 24.3 Å². The first-order chi connectivity index (χ1) is 17.7. The number of hydrogen-bond acceptors (Lipinski definition) is 5. The molecule has 3 N–H and O–H groups in total. The summed E-state index contributed by atoms with van der Waals surface area (Å²) in [5.74, 6) is 0.117. The highest BCUT2D eigenvalue weighted by atomic mass is 79.9. The summed E-state index contributed by atoms with van der Waals surface area (Å²) in [5.41, 5.74) is 1.57. The number of carboxylic acid groups (broad SMARTS) is 1. The van der Waals surface area contributed by atoms with Crippen molar-refractivity contribution in [1.29, 1.82) is 0 Å². The Kier molecular flexibility index (Phi) is 12.7. The second-order valence-electron chi connectivity index (χ2n) is 8.59. The van der Waals surface area contributed by atoms with E-state index < -0.39 is 38.5 Å². The molecule has 37 heavy (non-hydrogen) atoms. The molecule has 2 amide bonds. The molecule has 2 aromatic carbocycles. The van der Waals surface area contributed by atoms with Gasteiger partial charge in [-0.1, -0.05) is 74.5 Å². The number of halogens is 1. The molecule has 8 nitrogen and oxygen atoms in total. The largest absolute Gasteiger partial charge is 0.480 e. The molecule has 0 saturated heterocycles. The number of alkyl carbamates (subject to hydrolysis) is 1. The quantitative estimate of drug-likeness (QED) is 0.277. The molecule has 0 aromatic heterocycles. The number of ether oxygens (including phenoxy) is 1. The first kappa shape index (κ1) is 30.4. The molecule has 2 aromatic rings. The topological polar surface area (TPSA) is 122 Å². The van der Waals surface area contributed by atoms with E-state index in [2.05, 4.69) is 25.4 Å². The monoisotopic (exact) mass is 594 g/mol. The smallest absolute Gasteiger partial charge is 0.408 e. The summed E-state index contributed by atoms with van der Waals surface area (Å²) in [7, 11) is -1.23. The third-order valence-corrected chi connectivity index (χ3v) is 12.2. The molecular weight excluding hydrogens is 560 g/mol. The summed E-state index contributed by atoms with van der Waals surface area (Å²) < 4.78 is 5.25. The van der Waals surface area contributed by atoms with Crippen molar-refractivity contribution in [1.82, 2.24) is 10.6 Å². The Bertz CT molecular complexity index is 1030. The minimum Gasteiger partial charge on any atom is -0.480 e. The number of benzene rings is 2. The van der Waals surface area contributed by atoms with Crippen molar-refractivity contribution >= 4 is 47.0 Å². The van der Waals surface area contributed by atoms with Gasteiger partial charge in [0.2, 0.25) is 5.91 Å². The van der Waals surface area contributed by atoms with Gasteiger partial charge < -0.3 is 20.5 Å². The van der Waals surface area contributed by atoms with Crippen molar-refractivity contribution in [2.24, 2.45) is 0 Å². The number of aliphatic carboxylic acids is 1. The fourth-order valence-corrected chi connectivity index (χ4v) is 5.87. The molecular formula is C27H35BrN2O6S. The molecule has 0 bridgehead atoms. The lowest BCUT2D eigenvalue weighted by atomic mass is 10.0. The predicted octanol–water partition coefficient (Wildman–Crippen LogP) is 4.60. The molecule has 10 heteroatoms. The maximum Gasteiger partial charge on any atom is 0.408 e. The minimum absolute atomic E-state index is 0.0266. The van der Waals surface area contributed by atoms with Gasteiger partial charge in [0.05, 0.1) is 0 Å². The van der Waals surface area contributed by atoms with Crippen LogP contribution in [0.5, 0.6) is 0 Å². The van der Waals surface area contributed by atoms with Gasteiger partial charge >= 0.3 is 12.1 Å². The molecule has 0 aliphatic carbocycles. The lowest BCUT2D eigenvalue weighted by Crippen LogP contribution is -2.52. The maximum atomic E-state index is 13.1. The number of rotatable bonds is 15. The molecule has 202 valence electrons. The van der Waals surface area contributed by atoms with Crippen LogP contribution >= 0.6 is 23.3 Å². The average Bonchev–Trinajstić information content (AvgIpc) is 2.90. The van der Waals surface area contributed by atoms with E-state index in [4.69, 9.17) is 4.74 Å². The highest BCUT2D eigenvalue weighted by Crippen LogP contribution is 2.54. The van der Waals surface area contributed by atoms with E-state index >= 15 is 0 Å². The lowest BCUT2D eigenvalue weighted by molar-refractivity contribution is -0.142. The highest BCUT2D eigenvalue weighted by molar-refractivity contribution is 9.58. The molecule has 0 aliphatic heterocycles.